The maximum absolute atomic E-state index is 14.1. The van der Waals surface area contributed by atoms with E-state index in [9.17, 15) is 9.18 Å². The monoisotopic (exact) mass is 282 g/mol. The van der Waals surface area contributed by atoms with Gasteiger partial charge in [-0.05, 0) is 13.1 Å². The largest absolute Gasteiger partial charge is 0.494 e. The average molecular weight is 282 g/mol. The quantitative estimate of drug-likeness (QED) is 0.894. The number of hydrogen-bond acceptors (Lipinski definition) is 4. The molecule has 0 bridgehead atoms. The molecule has 0 radical (unpaired) electrons. The summed E-state index contributed by atoms with van der Waals surface area (Å²) in [6, 6.07) is 4.47. The second-order valence-electron chi connectivity index (χ2n) is 5.00. The van der Waals surface area contributed by atoms with Crippen LogP contribution in [0.25, 0.3) is 0 Å². The van der Waals surface area contributed by atoms with Crippen LogP contribution in [-0.2, 0) is 11.3 Å². The lowest BCUT2D eigenvalue weighted by Crippen LogP contribution is -2.54. The van der Waals surface area contributed by atoms with Gasteiger partial charge in [-0.25, -0.2) is 4.39 Å². The third-order valence-corrected chi connectivity index (χ3v) is 3.67. The summed E-state index contributed by atoms with van der Waals surface area (Å²) in [4.78, 5) is 14.9. The summed E-state index contributed by atoms with van der Waals surface area (Å²) in [5.74, 6) is -1.00. The molecule has 2 rings (SSSR count). The van der Waals surface area contributed by atoms with Gasteiger partial charge >= 0.3 is 5.97 Å². The zero-order valence-corrected chi connectivity index (χ0v) is 11.7. The zero-order chi connectivity index (χ0) is 14.7. The normalized spacial score (nSPS) is 20.9. The first-order chi connectivity index (χ1) is 9.52. The molecular formula is C14H19FN2O3. The predicted molar refractivity (Wildman–Crippen MR) is 72.3 cm³/mol. The van der Waals surface area contributed by atoms with Gasteiger partial charge in [0.25, 0.3) is 0 Å². The first-order valence-corrected chi connectivity index (χ1v) is 6.49. The van der Waals surface area contributed by atoms with Crippen molar-refractivity contribution in [3.63, 3.8) is 0 Å². The lowest BCUT2D eigenvalue weighted by molar-refractivity contribution is -0.145. The number of rotatable bonds is 4. The van der Waals surface area contributed by atoms with Gasteiger partial charge in [-0.3, -0.25) is 14.6 Å². The summed E-state index contributed by atoms with van der Waals surface area (Å²) in [6.45, 7) is 2.16. The Morgan fingerprint density at radius 1 is 1.50 bits per heavy atom. The van der Waals surface area contributed by atoms with Gasteiger partial charge in [0, 0.05) is 31.7 Å². The second kappa shape index (κ2) is 6.19. The zero-order valence-electron chi connectivity index (χ0n) is 11.7. The summed E-state index contributed by atoms with van der Waals surface area (Å²) < 4.78 is 19.0. The van der Waals surface area contributed by atoms with Crippen LogP contribution < -0.4 is 4.74 Å². The maximum Gasteiger partial charge on any atom is 0.322 e. The number of halogens is 1. The number of methoxy groups -OCH3 is 1. The summed E-state index contributed by atoms with van der Waals surface area (Å²) >= 11 is 0. The fourth-order valence-corrected chi connectivity index (χ4v) is 2.42. The molecule has 1 N–H and O–H groups in total. The molecule has 5 nitrogen and oxygen atoms in total. The van der Waals surface area contributed by atoms with E-state index in [-0.39, 0.29) is 11.6 Å². The third-order valence-electron chi connectivity index (χ3n) is 3.67. The van der Waals surface area contributed by atoms with Gasteiger partial charge in [0.2, 0.25) is 0 Å². The lowest BCUT2D eigenvalue weighted by atomic mass is 10.1. The van der Waals surface area contributed by atoms with E-state index in [2.05, 4.69) is 0 Å². The van der Waals surface area contributed by atoms with Crippen LogP contribution in [0.3, 0.4) is 0 Å². The smallest absolute Gasteiger partial charge is 0.322 e. The van der Waals surface area contributed by atoms with E-state index in [4.69, 9.17) is 9.84 Å². The van der Waals surface area contributed by atoms with E-state index < -0.39 is 12.0 Å². The molecule has 1 aromatic carbocycles. The Hall–Kier alpha value is -1.66. The molecule has 1 heterocycles. The van der Waals surface area contributed by atoms with Gasteiger partial charge in [-0.2, -0.15) is 0 Å². The Kier molecular flexibility index (Phi) is 4.57. The molecule has 0 amide bonds. The molecule has 1 fully saturated rings. The Bertz CT molecular complexity index is 495. The minimum absolute atomic E-state index is 0.214. The van der Waals surface area contributed by atoms with E-state index in [0.29, 0.717) is 25.2 Å². The maximum atomic E-state index is 14.1. The number of benzene rings is 1. The van der Waals surface area contributed by atoms with Crippen LogP contribution in [0.5, 0.6) is 5.75 Å². The van der Waals surface area contributed by atoms with Crippen molar-refractivity contribution in [1.82, 2.24) is 9.80 Å². The Labute approximate surface area is 117 Å². The minimum atomic E-state index is -0.844. The summed E-state index contributed by atoms with van der Waals surface area (Å²) in [7, 11) is 3.22. The van der Waals surface area contributed by atoms with Crippen molar-refractivity contribution < 1.29 is 19.0 Å². The highest BCUT2D eigenvalue weighted by Gasteiger charge is 2.30. The number of nitrogens with zero attached hydrogens (tertiary/aromatic N) is 2. The SMILES string of the molecule is COc1cccc(CN2CCN(C)C(C(=O)O)C2)c1F. The van der Waals surface area contributed by atoms with Crippen LogP contribution in [0.15, 0.2) is 18.2 Å². The van der Waals surface area contributed by atoms with Crippen molar-refractivity contribution >= 4 is 5.97 Å². The molecule has 1 aliphatic rings. The van der Waals surface area contributed by atoms with Crippen molar-refractivity contribution in [2.45, 2.75) is 12.6 Å². The van der Waals surface area contributed by atoms with Crippen molar-refractivity contribution in [2.24, 2.45) is 0 Å². The highest BCUT2D eigenvalue weighted by molar-refractivity contribution is 5.73. The van der Waals surface area contributed by atoms with E-state index in [0.717, 1.165) is 6.54 Å². The Morgan fingerprint density at radius 3 is 2.90 bits per heavy atom. The highest BCUT2D eigenvalue weighted by Crippen LogP contribution is 2.22. The number of ether oxygens (including phenoxy) is 1. The van der Waals surface area contributed by atoms with Gasteiger partial charge in [0.05, 0.1) is 7.11 Å². The predicted octanol–water partition coefficient (Wildman–Crippen LogP) is 1.03. The third kappa shape index (κ3) is 3.08. The molecule has 0 aliphatic carbocycles. The number of hydrogen-bond donors (Lipinski definition) is 1. The van der Waals surface area contributed by atoms with Crippen LogP contribution in [0.2, 0.25) is 0 Å². The van der Waals surface area contributed by atoms with Gasteiger partial charge in [-0.1, -0.05) is 12.1 Å². The van der Waals surface area contributed by atoms with Crippen molar-refractivity contribution in [1.29, 1.82) is 0 Å². The van der Waals surface area contributed by atoms with Crippen LogP contribution in [0.1, 0.15) is 5.56 Å². The molecule has 1 aliphatic heterocycles. The molecule has 0 aromatic heterocycles. The van der Waals surface area contributed by atoms with Crippen LogP contribution >= 0.6 is 0 Å². The second-order valence-corrected chi connectivity index (χ2v) is 5.00. The first-order valence-electron chi connectivity index (χ1n) is 6.49. The van der Waals surface area contributed by atoms with Crippen molar-refractivity contribution in [3.05, 3.63) is 29.6 Å². The highest BCUT2D eigenvalue weighted by atomic mass is 19.1. The molecule has 110 valence electrons. The van der Waals surface area contributed by atoms with Crippen molar-refractivity contribution in [3.8, 4) is 5.75 Å². The number of aliphatic carboxylic acids is 1. The fraction of sp³-hybridized carbons (Fsp3) is 0.500. The Morgan fingerprint density at radius 2 is 2.25 bits per heavy atom. The molecular weight excluding hydrogens is 263 g/mol. The minimum Gasteiger partial charge on any atom is -0.494 e. The van der Waals surface area contributed by atoms with Crippen LogP contribution in [-0.4, -0.2) is 60.7 Å². The molecule has 1 saturated heterocycles. The summed E-state index contributed by atoms with van der Waals surface area (Å²) in [6.07, 6.45) is 0. The molecule has 6 heteroatoms. The number of carboxylic acid groups (broad SMARTS) is 1. The molecule has 0 spiro atoms. The Balaban J connectivity index is 2.09. The van der Waals surface area contributed by atoms with E-state index in [1.54, 1.807) is 30.1 Å². The fourth-order valence-electron chi connectivity index (χ4n) is 2.42. The van der Waals surface area contributed by atoms with Gasteiger partial charge in [0.15, 0.2) is 11.6 Å². The summed E-state index contributed by atoms with van der Waals surface area (Å²) in [5, 5.41) is 9.17. The van der Waals surface area contributed by atoms with Gasteiger partial charge < -0.3 is 9.84 Å². The number of carbonyl (C=O) groups is 1. The summed E-state index contributed by atoms with van der Waals surface area (Å²) in [5.41, 5.74) is 0.526. The average Bonchev–Trinajstić information content (AvgIpc) is 2.43. The van der Waals surface area contributed by atoms with E-state index in [1.165, 1.54) is 7.11 Å². The topological polar surface area (TPSA) is 53.0 Å². The van der Waals surface area contributed by atoms with Gasteiger partial charge in [-0.15, -0.1) is 0 Å². The molecule has 1 unspecified atom stereocenters. The number of carboxylic acids is 1. The molecule has 1 atom stereocenters. The van der Waals surface area contributed by atoms with Gasteiger partial charge in [0.1, 0.15) is 6.04 Å². The lowest BCUT2D eigenvalue weighted by Gasteiger charge is -2.37. The van der Waals surface area contributed by atoms with Crippen LogP contribution in [0.4, 0.5) is 4.39 Å². The van der Waals surface area contributed by atoms with E-state index in [1.807, 2.05) is 4.90 Å². The standard InChI is InChI=1S/C14H19FN2O3/c1-16-6-7-17(9-11(16)14(18)19)8-10-4-3-5-12(20-2)13(10)15/h3-5,11H,6-9H2,1-2H3,(H,18,19). The molecule has 20 heavy (non-hydrogen) atoms. The first kappa shape index (κ1) is 14.7. The van der Waals surface area contributed by atoms with E-state index >= 15 is 0 Å². The molecule has 0 saturated carbocycles. The van der Waals surface area contributed by atoms with Crippen molar-refractivity contribution in [2.75, 3.05) is 33.8 Å². The van der Waals surface area contributed by atoms with Crippen LogP contribution in [0, 0.1) is 5.82 Å². The number of piperazine rings is 1. The number of likely N-dealkylation sites (N-methyl/N-ethyl adjacent to an activating group) is 1. The molecule has 1 aromatic rings.